The van der Waals surface area contributed by atoms with Gasteiger partial charge in [0.05, 0.1) is 0 Å². The fourth-order valence-electron chi connectivity index (χ4n) is 1.44. The lowest BCUT2D eigenvalue weighted by Crippen LogP contribution is -2.05. The van der Waals surface area contributed by atoms with Crippen LogP contribution in [-0.2, 0) is 9.53 Å². The summed E-state index contributed by atoms with van der Waals surface area (Å²) in [6.07, 6.45) is -0.875. The van der Waals surface area contributed by atoms with Gasteiger partial charge in [-0.2, -0.15) is 0 Å². The van der Waals surface area contributed by atoms with Gasteiger partial charge in [0.1, 0.15) is 6.10 Å². The normalized spacial score (nSPS) is 25.6. The average molecular weight is 178 g/mol. The van der Waals surface area contributed by atoms with E-state index >= 15 is 0 Å². The van der Waals surface area contributed by atoms with E-state index in [0.29, 0.717) is 0 Å². The Hall–Kier alpha value is -1.35. The number of epoxide rings is 1. The van der Waals surface area contributed by atoms with Gasteiger partial charge in [-0.3, -0.25) is 0 Å². The lowest BCUT2D eigenvalue weighted by atomic mass is 10.0. The largest absolute Gasteiger partial charge is 0.479 e. The van der Waals surface area contributed by atoms with E-state index < -0.39 is 12.1 Å². The van der Waals surface area contributed by atoms with Crippen LogP contribution in [0.2, 0.25) is 0 Å². The highest BCUT2D eigenvalue weighted by atomic mass is 16.6. The molecule has 2 unspecified atom stereocenters. The Bertz CT molecular complexity index is 346. The Morgan fingerprint density at radius 2 is 2.15 bits per heavy atom. The molecule has 13 heavy (non-hydrogen) atoms. The van der Waals surface area contributed by atoms with Gasteiger partial charge < -0.3 is 9.84 Å². The van der Waals surface area contributed by atoms with E-state index in [1.54, 1.807) is 0 Å². The summed E-state index contributed by atoms with van der Waals surface area (Å²) >= 11 is 0. The molecule has 1 aromatic rings. The zero-order valence-electron chi connectivity index (χ0n) is 7.23. The third kappa shape index (κ3) is 1.42. The maximum absolute atomic E-state index is 10.5. The van der Waals surface area contributed by atoms with Gasteiger partial charge in [-0.15, -0.1) is 0 Å². The Morgan fingerprint density at radius 3 is 2.69 bits per heavy atom. The highest BCUT2D eigenvalue weighted by molar-refractivity contribution is 5.76. The number of benzene rings is 1. The minimum atomic E-state index is -0.881. The monoisotopic (exact) mass is 178 g/mol. The van der Waals surface area contributed by atoms with Crippen LogP contribution >= 0.6 is 0 Å². The number of carboxylic acids is 1. The van der Waals surface area contributed by atoms with E-state index in [9.17, 15) is 4.79 Å². The number of hydrogen-bond donors (Lipinski definition) is 1. The van der Waals surface area contributed by atoms with Gasteiger partial charge in [-0.25, -0.2) is 4.79 Å². The number of ether oxygens (including phenoxy) is 1. The van der Waals surface area contributed by atoms with Crippen molar-refractivity contribution in [2.45, 2.75) is 19.1 Å². The summed E-state index contributed by atoms with van der Waals surface area (Å²) in [4.78, 5) is 10.5. The van der Waals surface area contributed by atoms with E-state index in [1.807, 2.05) is 31.2 Å². The van der Waals surface area contributed by atoms with Gasteiger partial charge in [0.2, 0.25) is 0 Å². The topological polar surface area (TPSA) is 49.8 Å². The number of hydrogen-bond acceptors (Lipinski definition) is 2. The van der Waals surface area contributed by atoms with Gasteiger partial charge in [0.15, 0.2) is 6.10 Å². The third-order valence-corrected chi connectivity index (χ3v) is 2.23. The van der Waals surface area contributed by atoms with Crippen LogP contribution in [0.1, 0.15) is 17.2 Å². The Balaban J connectivity index is 2.21. The van der Waals surface area contributed by atoms with Crippen molar-refractivity contribution in [2.75, 3.05) is 0 Å². The Kier molecular flexibility index (Phi) is 1.81. The van der Waals surface area contributed by atoms with Crippen LogP contribution in [0.15, 0.2) is 24.3 Å². The number of carbonyl (C=O) groups is 1. The molecule has 0 aliphatic carbocycles. The zero-order chi connectivity index (χ0) is 9.42. The molecule has 0 saturated carbocycles. The summed E-state index contributed by atoms with van der Waals surface area (Å²) < 4.78 is 5.05. The van der Waals surface area contributed by atoms with Crippen LogP contribution in [0, 0.1) is 6.92 Å². The van der Waals surface area contributed by atoms with E-state index in [4.69, 9.17) is 9.84 Å². The second-order valence-electron chi connectivity index (χ2n) is 3.17. The van der Waals surface area contributed by atoms with Gasteiger partial charge in [0.25, 0.3) is 0 Å². The van der Waals surface area contributed by atoms with Crippen molar-refractivity contribution in [1.29, 1.82) is 0 Å². The number of carboxylic acid groups (broad SMARTS) is 1. The molecule has 0 radical (unpaired) electrons. The van der Waals surface area contributed by atoms with Crippen LogP contribution in [0.25, 0.3) is 0 Å². The zero-order valence-corrected chi connectivity index (χ0v) is 7.23. The minimum absolute atomic E-state index is 0.237. The smallest absolute Gasteiger partial charge is 0.335 e. The lowest BCUT2D eigenvalue weighted by Gasteiger charge is -1.99. The first-order valence-electron chi connectivity index (χ1n) is 4.14. The van der Waals surface area contributed by atoms with E-state index in [2.05, 4.69) is 0 Å². The minimum Gasteiger partial charge on any atom is -0.479 e. The van der Waals surface area contributed by atoms with Gasteiger partial charge >= 0.3 is 5.97 Å². The second-order valence-corrected chi connectivity index (χ2v) is 3.17. The fraction of sp³-hybridized carbons (Fsp3) is 0.300. The lowest BCUT2D eigenvalue weighted by molar-refractivity contribution is -0.138. The summed E-state index contributed by atoms with van der Waals surface area (Å²) in [5.41, 5.74) is 2.06. The van der Waals surface area contributed by atoms with Crippen LogP contribution in [0.4, 0.5) is 0 Å². The predicted octanol–water partition coefficient (Wildman–Crippen LogP) is 1.52. The molecule has 2 atom stereocenters. The van der Waals surface area contributed by atoms with Crippen molar-refractivity contribution < 1.29 is 14.6 Å². The predicted molar refractivity (Wildman–Crippen MR) is 46.4 cm³/mol. The van der Waals surface area contributed by atoms with E-state index in [-0.39, 0.29) is 6.10 Å². The molecular formula is C10H10O3. The Labute approximate surface area is 76.0 Å². The molecule has 1 aliphatic heterocycles. The van der Waals surface area contributed by atoms with Crippen LogP contribution in [-0.4, -0.2) is 17.2 Å². The summed E-state index contributed by atoms with van der Waals surface area (Å²) in [5.74, 6) is -0.881. The first-order chi connectivity index (χ1) is 6.20. The summed E-state index contributed by atoms with van der Waals surface area (Å²) in [6.45, 7) is 1.95. The van der Waals surface area contributed by atoms with Gasteiger partial charge in [0, 0.05) is 0 Å². The third-order valence-electron chi connectivity index (χ3n) is 2.23. The Morgan fingerprint density at radius 1 is 1.46 bits per heavy atom. The molecule has 3 nitrogen and oxygen atoms in total. The van der Waals surface area contributed by atoms with E-state index in [1.165, 1.54) is 0 Å². The highest BCUT2D eigenvalue weighted by Gasteiger charge is 2.46. The summed E-state index contributed by atoms with van der Waals surface area (Å²) in [7, 11) is 0. The van der Waals surface area contributed by atoms with Crippen molar-refractivity contribution in [3.8, 4) is 0 Å². The molecule has 1 heterocycles. The average Bonchev–Trinajstić information content (AvgIpc) is 2.84. The van der Waals surface area contributed by atoms with Crippen molar-refractivity contribution in [3.63, 3.8) is 0 Å². The maximum atomic E-state index is 10.5. The molecule has 0 aromatic heterocycles. The van der Waals surface area contributed by atoms with Crippen LogP contribution in [0.3, 0.4) is 0 Å². The molecular weight excluding hydrogens is 168 g/mol. The number of rotatable bonds is 2. The standard InChI is InChI=1S/C10H10O3/c1-6-4-2-3-5-7(6)8-9(13-8)10(11)12/h2-5,8-9H,1H3,(H,11,12). The quantitative estimate of drug-likeness (QED) is 0.698. The van der Waals surface area contributed by atoms with Crippen LogP contribution in [0.5, 0.6) is 0 Å². The molecule has 0 bridgehead atoms. The molecule has 2 rings (SSSR count). The molecule has 68 valence electrons. The van der Waals surface area contributed by atoms with Gasteiger partial charge in [-0.1, -0.05) is 24.3 Å². The SMILES string of the molecule is Cc1ccccc1C1OC1C(=O)O. The molecule has 1 aliphatic rings. The molecule has 3 heteroatoms. The number of aliphatic carboxylic acids is 1. The first kappa shape index (κ1) is 8.26. The van der Waals surface area contributed by atoms with Crippen LogP contribution < -0.4 is 0 Å². The maximum Gasteiger partial charge on any atom is 0.335 e. The fourth-order valence-corrected chi connectivity index (χ4v) is 1.44. The second kappa shape index (κ2) is 2.85. The number of aryl methyl sites for hydroxylation is 1. The molecule has 1 N–H and O–H groups in total. The van der Waals surface area contributed by atoms with Crippen molar-refractivity contribution in [2.24, 2.45) is 0 Å². The summed E-state index contributed by atoms with van der Waals surface area (Å²) in [6, 6.07) is 7.68. The molecule has 0 spiro atoms. The van der Waals surface area contributed by atoms with Crippen molar-refractivity contribution in [1.82, 2.24) is 0 Å². The molecule has 0 amide bonds. The molecule has 1 fully saturated rings. The van der Waals surface area contributed by atoms with Gasteiger partial charge in [-0.05, 0) is 18.1 Å². The highest BCUT2D eigenvalue weighted by Crippen LogP contribution is 2.39. The van der Waals surface area contributed by atoms with Crippen molar-refractivity contribution >= 4 is 5.97 Å². The first-order valence-corrected chi connectivity index (χ1v) is 4.14. The molecule has 1 aromatic carbocycles. The summed E-state index contributed by atoms with van der Waals surface area (Å²) in [5, 5.41) is 8.65. The van der Waals surface area contributed by atoms with Crippen molar-refractivity contribution in [3.05, 3.63) is 35.4 Å². The van der Waals surface area contributed by atoms with E-state index in [0.717, 1.165) is 11.1 Å². The molecule has 1 saturated heterocycles.